The molecule has 0 spiro atoms. The van der Waals surface area contributed by atoms with Crippen LogP contribution in [0.1, 0.15) is 42.9 Å². The van der Waals surface area contributed by atoms with Gasteiger partial charge in [-0.15, -0.1) is 0 Å². The maximum absolute atomic E-state index is 12.4. The summed E-state index contributed by atoms with van der Waals surface area (Å²) in [5.74, 6) is 1.53. The van der Waals surface area contributed by atoms with Crippen molar-refractivity contribution in [2.24, 2.45) is 0 Å². The number of hydrogen-bond donors (Lipinski definition) is 1. The predicted octanol–water partition coefficient (Wildman–Crippen LogP) is 3.37. The molecule has 29 heavy (non-hydrogen) atoms. The van der Waals surface area contributed by atoms with Gasteiger partial charge in [-0.2, -0.15) is 0 Å². The van der Waals surface area contributed by atoms with Gasteiger partial charge in [0.05, 0.1) is 20.3 Å². The van der Waals surface area contributed by atoms with E-state index >= 15 is 0 Å². The lowest BCUT2D eigenvalue weighted by Gasteiger charge is -2.28. The number of pyridine rings is 1. The minimum Gasteiger partial charge on any atom is -0.493 e. The summed E-state index contributed by atoms with van der Waals surface area (Å²) in [6, 6.07) is 10.1. The van der Waals surface area contributed by atoms with Gasteiger partial charge >= 0.3 is 0 Å². The van der Waals surface area contributed by atoms with Gasteiger partial charge < -0.3 is 14.8 Å². The number of hydrogen-bond acceptors (Lipinski definition) is 5. The van der Waals surface area contributed by atoms with Crippen molar-refractivity contribution < 1.29 is 14.3 Å². The number of amides is 1. The van der Waals surface area contributed by atoms with Gasteiger partial charge in [-0.05, 0) is 68.1 Å². The van der Waals surface area contributed by atoms with Gasteiger partial charge in [0.2, 0.25) is 5.91 Å². The second-order valence-corrected chi connectivity index (χ2v) is 7.39. The van der Waals surface area contributed by atoms with Gasteiger partial charge in [0.15, 0.2) is 11.5 Å². The second-order valence-electron chi connectivity index (χ2n) is 7.39. The lowest BCUT2D eigenvalue weighted by molar-refractivity contribution is -0.121. The third-order valence-electron chi connectivity index (χ3n) is 5.46. The largest absolute Gasteiger partial charge is 0.493 e. The fourth-order valence-electron chi connectivity index (χ4n) is 3.87. The van der Waals surface area contributed by atoms with Gasteiger partial charge in [0.1, 0.15) is 0 Å². The molecule has 6 heteroatoms. The van der Waals surface area contributed by atoms with E-state index < -0.39 is 0 Å². The fraction of sp³-hybridized carbons (Fsp3) is 0.478. The van der Waals surface area contributed by atoms with Gasteiger partial charge in [-0.25, -0.2) is 0 Å². The summed E-state index contributed by atoms with van der Waals surface area (Å²) in [6.45, 7) is 2.70. The molecule has 1 aromatic heterocycles. The van der Waals surface area contributed by atoms with E-state index in [1.165, 1.54) is 18.4 Å². The molecule has 0 bridgehead atoms. The highest BCUT2D eigenvalue weighted by Crippen LogP contribution is 2.33. The molecule has 0 aliphatic carbocycles. The van der Waals surface area contributed by atoms with Crippen LogP contribution in [0.4, 0.5) is 0 Å². The summed E-state index contributed by atoms with van der Waals surface area (Å²) < 4.78 is 10.8. The zero-order valence-electron chi connectivity index (χ0n) is 17.4. The molecule has 1 N–H and O–H groups in total. The number of aryl methyl sites for hydroxylation is 1. The smallest absolute Gasteiger partial charge is 0.220 e. The average molecular weight is 398 g/mol. The highest BCUT2D eigenvalue weighted by molar-refractivity contribution is 5.75. The summed E-state index contributed by atoms with van der Waals surface area (Å²) in [6.07, 6.45) is 8.23. The third kappa shape index (κ3) is 5.94. The molecule has 2 aromatic rings. The number of benzene rings is 1. The van der Waals surface area contributed by atoms with Crippen LogP contribution in [-0.4, -0.2) is 49.6 Å². The van der Waals surface area contributed by atoms with Gasteiger partial charge in [-0.3, -0.25) is 14.7 Å². The first-order chi connectivity index (χ1) is 14.2. The molecule has 1 saturated heterocycles. The Kier molecular flexibility index (Phi) is 7.87. The van der Waals surface area contributed by atoms with Crippen LogP contribution in [-0.2, 0) is 11.2 Å². The van der Waals surface area contributed by atoms with Crippen LogP contribution in [0.25, 0.3) is 0 Å². The van der Waals surface area contributed by atoms with Crippen molar-refractivity contribution >= 4 is 5.91 Å². The maximum Gasteiger partial charge on any atom is 0.220 e. The molecule has 0 radical (unpaired) electrons. The van der Waals surface area contributed by atoms with Gasteiger partial charge in [-0.1, -0.05) is 12.1 Å². The van der Waals surface area contributed by atoms with E-state index in [1.54, 1.807) is 20.4 Å². The van der Waals surface area contributed by atoms with E-state index in [2.05, 4.69) is 21.3 Å². The first-order valence-electron chi connectivity index (χ1n) is 10.3. The molecular weight excluding hydrogens is 366 g/mol. The fourth-order valence-corrected chi connectivity index (χ4v) is 3.87. The monoisotopic (exact) mass is 397 g/mol. The number of likely N-dealkylation sites (tertiary alicyclic amines) is 1. The van der Waals surface area contributed by atoms with Crippen molar-refractivity contribution in [3.63, 3.8) is 0 Å². The van der Waals surface area contributed by atoms with E-state index in [1.807, 2.05) is 30.5 Å². The van der Waals surface area contributed by atoms with Crippen LogP contribution < -0.4 is 14.8 Å². The zero-order chi connectivity index (χ0) is 20.5. The van der Waals surface area contributed by atoms with Gasteiger partial charge in [0, 0.05) is 25.4 Å². The van der Waals surface area contributed by atoms with Crippen LogP contribution in [0.3, 0.4) is 0 Å². The van der Waals surface area contributed by atoms with Crippen molar-refractivity contribution in [3.8, 4) is 11.5 Å². The van der Waals surface area contributed by atoms with Crippen LogP contribution in [0.2, 0.25) is 0 Å². The minimum atomic E-state index is 0.0959. The van der Waals surface area contributed by atoms with Crippen molar-refractivity contribution in [2.75, 3.05) is 33.9 Å². The van der Waals surface area contributed by atoms with Crippen LogP contribution in [0, 0.1) is 0 Å². The Balaban J connectivity index is 1.58. The van der Waals surface area contributed by atoms with Crippen molar-refractivity contribution in [1.82, 2.24) is 15.2 Å². The normalized spacial score (nSPS) is 15.1. The SMILES string of the molecule is COc1ccc(C(CNC(=O)CCCc2cccnc2)N2CCCC2)cc1OC. The zero-order valence-corrected chi connectivity index (χ0v) is 17.4. The van der Waals surface area contributed by atoms with Crippen LogP contribution in [0.15, 0.2) is 42.7 Å². The molecular formula is C23H31N3O3. The Labute approximate surface area is 173 Å². The summed E-state index contributed by atoms with van der Waals surface area (Å²) in [4.78, 5) is 19.0. The highest BCUT2D eigenvalue weighted by atomic mass is 16.5. The summed E-state index contributed by atoms with van der Waals surface area (Å²) in [5.41, 5.74) is 2.31. The molecule has 3 rings (SSSR count). The third-order valence-corrected chi connectivity index (χ3v) is 5.46. The molecule has 1 atom stereocenters. The average Bonchev–Trinajstić information content (AvgIpc) is 3.29. The highest BCUT2D eigenvalue weighted by Gasteiger charge is 2.25. The van der Waals surface area contributed by atoms with Crippen LogP contribution in [0.5, 0.6) is 11.5 Å². The minimum absolute atomic E-state index is 0.0959. The van der Waals surface area contributed by atoms with E-state index in [0.717, 1.165) is 43.0 Å². The van der Waals surface area contributed by atoms with E-state index in [4.69, 9.17) is 9.47 Å². The number of nitrogens with one attached hydrogen (secondary N) is 1. The quantitative estimate of drug-likeness (QED) is 0.666. The number of rotatable bonds is 10. The molecule has 0 saturated carbocycles. The summed E-state index contributed by atoms with van der Waals surface area (Å²) in [5, 5.41) is 3.14. The number of carbonyl (C=O) groups excluding carboxylic acids is 1. The molecule has 1 unspecified atom stereocenters. The maximum atomic E-state index is 12.4. The number of nitrogens with zero attached hydrogens (tertiary/aromatic N) is 2. The molecule has 2 heterocycles. The Hall–Kier alpha value is -2.60. The van der Waals surface area contributed by atoms with E-state index in [0.29, 0.717) is 13.0 Å². The number of aromatic nitrogens is 1. The Morgan fingerprint density at radius 1 is 1.17 bits per heavy atom. The molecule has 6 nitrogen and oxygen atoms in total. The lowest BCUT2D eigenvalue weighted by Crippen LogP contribution is -2.36. The van der Waals surface area contributed by atoms with Crippen molar-refractivity contribution in [2.45, 2.75) is 38.1 Å². The van der Waals surface area contributed by atoms with Crippen molar-refractivity contribution in [1.29, 1.82) is 0 Å². The lowest BCUT2D eigenvalue weighted by atomic mass is 10.0. The second kappa shape index (κ2) is 10.8. The molecule has 1 aliphatic heterocycles. The number of ether oxygens (including phenoxy) is 2. The first kappa shape index (κ1) is 21.1. The predicted molar refractivity (Wildman–Crippen MR) is 113 cm³/mol. The molecule has 1 amide bonds. The first-order valence-corrected chi connectivity index (χ1v) is 10.3. The Bertz CT molecular complexity index is 776. The molecule has 1 aromatic carbocycles. The summed E-state index contributed by atoms with van der Waals surface area (Å²) >= 11 is 0. The Morgan fingerprint density at radius 3 is 2.66 bits per heavy atom. The van der Waals surface area contributed by atoms with Crippen molar-refractivity contribution in [3.05, 3.63) is 53.9 Å². The topological polar surface area (TPSA) is 63.7 Å². The summed E-state index contributed by atoms with van der Waals surface area (Å²) in [7, 11) is 3.29. The number of methoxy groups -OCH3 is 2. The van der Waals surface area contributed by atoms with E-state index in [-0.39, 0.29) is 11.9 Å². The van der Waals surface area contributed by atoms with Crippen LogP contribution >= 0.6 is 0 Å². The van der Waals surface area contributed by atoms with E-state index in [9.17, 15) is 4.79 Å². The van der Waals surface area contributed by atoms with Gasteiger partial charge in [0.25, 0.3) is 0 Å². The molecule has 1 fully saturated rings. The molecule has 156 valence electrons. The number of carbonyl (C=O) groups is 1. The standard InChI is InChI=1S/C23H31N3O3/c1-28-21-11-10-19(15-22(21)29-2)20(26-13-3-4-14-26)17-25-23(27)9-5-7-18-8-6-12-24-16-18/h6,8,10-12,15-16,20H,3-5,7,9,13-14,17H2,1-2H3,(H,25,27). The molecule has 1 aliphatic rings. The Morgan fingerprint density at radius 2 is 1.97 bits per heavy atom.